The number of nitrogens with zero attached hydrogens (tertiary/aromatic N) is 2. The third kappa shape index (κ3) is 3.00. The van der Waals surface area contributed by atoms with Gasteiger partial charge in [-0.25, -0.2) is 0 Å². The lowest BCUT2D eigenvalue weighted by atomic mass is 10.0. The van der Waals surface area contributed by atoms with Gasteiger partial charge in [-0.15, -0.1) is 0 Å². The first-order chi connectivity index (χ1) is 8.06. The van der Waals surface area contributed by atoms with Gasteiger partial charge >= 0.3 is 0 Å². The minimum absolute atomic E-state index is 0.474. The Labute approximate surface area is 103 Å². The van der Waals surface area contributed by atoms with E-state index in [9.17, 15) is 0 Å². The number of rotatable bonds is 4. The second-order valence-electron chi connectivity index (χ2n) is 5.52. The van der Waals surface area contributed by atoms with Gasteiger partial charge in [-0.3, -0.25) is 0 Å². The molecule has 4 nitrogen and oxygen atoms in total. The summed E-state index contributed by atoms with van der Waals surface area (Å²) in [7, 11) is 0. The zero-order chi connectivity index (χ0) is 12.4. The van der Waals surface area contributed by atoms with E-state index in [-0.39, 0.29) is 0 Å². The molecule has 1 aliphatic rings. The van der Waals surface area contributed by atoms with E-state index in [1.54, 1.807) is 6.26 Å². The van der Waals surface area contributed by atoms with E-state index in [4.69, 9.17) is 4.42 Å². The van der Waals surface area contributed by atoms with E-state index in [1.165, 1.54) is 0 Å². The van der Waals surface area contributed by atoms with Crippen LogP contribution in [0.25, 0.3) is 0 Å². The van der Waals surface area contributed by atoms with Crippen molar-refractivity contribution in [3.8, 4) is 0 Å². The summed E-state index contributed by atoms with van der Waals surface area (Å²) in [5.41, 5.74) is 0.987. The van der Waals surface area contributed by atoms with Gasteiger partial charge in [0, 0.05) is 25.7 Å². The van der Waals surface area contributed by atoms with Crippen molar-refractivity contribution in [2.45, 2.75) is 40.3 Å². The van der Waals surface area contributed by atoms with Crippen molar-refractivity contribution in [1.29, 1.82) is 0 Å². The fourth-order valence-electron chi connectivity index (χ4n) is 2.12. The van der Waals surface area contributed by atoms with Crippen molar-refractivity contribution in [1.82, 2.24) is 10.3 Å². The van der Waals surface area contributed by atoms with Crippen LogP contribution in [-0.2, 0) is 6.54 Å². The highest BCUT2D eigenvalue weighted by Gasteiger charge is 2.28. The molecule has 2 unspecified atom stereocenters. The minimum Gasteiger partial charge on any atom is -0.432 e. The maximum Gasteiger partial charge on any atom is 0.297 e. The highest BCUT2D eigenvalue weighted by molar-refractivity contribution is 5.29. The van der Waals surface area contributed by atoms with Gasteiger partial charge in [0.2, 0.25) is 0 Å². The van der Waals surface area contributed by atoms with Gasteiger partial charge in [-0.1, -0.05) is 27.7 Å². The van der Waals surface area contributed by atoms with E-state index >= 15 is 0 Å². The molecule has 0 saturated carbocycles. The van der Waals surface area contributed by atoms with Crippen LogP contribution >= 0.6 is 0 Å². The number of nitrogens with one attached hydrogen (secondary N) is 1. The van der Waals surface area contributed by atoms with Crippen molar-refractivity contribution in [2.24, 2.45) is 11.8 Å². The molecular weight excluding hydrogens is 214 g/mol. The van der Waals surface area contributed by atoms with Crippen LogP contribution in [0.15, 0.2) is 10.7 Å². The normalized spacial score (nSPS) is 24.9. The average molecular weight is 237 g/mol. The van der Waals surface area contributed by atoms with Gasteiger partial charge in [0.25, 0.3) is 6.01 Å². The molecule has 1 aromatic rings. The van der Waals surface area contributed by atoms with Crippen molar-refractivity contribution < 1.29 is 4.42 Å². The third-order valence-corrected chi connectivity index (χ3v) is 3.49. The first-order valence-corrected chi connectivity index (χ1v) is 6.49. The summed E-state index contributed by atoms with van der Waals surface area (Å²) in [6, 6.07) is 1.25. The molecule has 0 aliphatic carbocycles. The number of aromatic nitrogens is 1. The quantitative estimate of drug-likeness (QED) is 0.872. The molecule has 0 amide bonds. The lowest BCUT2D eigenvalue weighted by Crippen LogP contribution is -2.22. The van der Waals surface area contributed by atoms with Crippen LogP contribution in [0, 0.1) is 11.8 Å². The molecule has 17 heavy (non-hydrogen) atoms. The van der Waals surface area contributed by atoms with Gasteiger partial charge in [-0.05, 0) is 11.8 Å². The molecule has 96 valence electrons. The highest BCUT2D eigenvalue weighted by Crippen LogP contribution is 2.26. The second-order valence-corrected chi connectivity index (χ2v) is 5.52. The van der Waals surface area contributed by atoms with Crippen LogP contribution < -0.4 is 10.2 Å². The Hall–Kier alpha value is -1.03. The highest BCUT2D eigenvalue weighted by atomic mass is 16.4. The van der Waals surface area contributed by atoms with E-state index in [0.717, 1.165) is 43.2 Å². The maximum atomic E-state index is 5.55. The van der Waals surface area contributed by atoms with E-state index in [2.05, 4.69) is 42.9 Å². The van der Waals surface area contributed by atoms with Crippen molar-refractivity contribution in [3.63, 3.8) is 0 Å². The van der Waals surface area contributed by atoms with Crippen molar-refractivity contribution in [2.75, 3.05) is 18.0 Å². The summed E-state index contributed by atoms with van der Waals surface area (Å²) < 4.78 is 5.55. The molecule has 2 rings (SSSR count). The first kappa shape index (κ1) is 12.4. The molecule has 0 bridgehead atoms. The largest absolute Gasteiger partial charge is 0.432 e. The molecular formula is C13H23N3O. The summed E-state index contributed by atoms with van der Waals surface area (Å²) in [5.74, 6) is 1.44. The summed E-state index contributed by atoms with van der Waals surface area (Å²) in [5, 5.41) is 3.34. The molecule has 2 atom stereocenters. The predicted octanol–water partition coefficient (Wildman–Crippen LogP) is 2.26. The van der Waals surface area contributed by atoms with Crippen LogP contribution in [0.2, 0.25) is 0 Å². The Bertz CT molecular complexity index is 351. The summed E-state index contributed by atoms with van der Waals surface area (Å²) in [6.07, 6.45) is 1.76. The second kappa shape index (κ2) is 5.08. The van der Waals surface area contributed by atoms with Gasteiger partial charge < -0.3 is 14.6 Å². The monoisotopic (exact) mass is 237 g/mol. The maximum absolute atomic E-state index is 5.55. The van der Waals surface area contributed by atoms with Crippen molar-refractivity contribution in [3.05, 3.63) is 12.0 Å². The molecule has 0 spiro atoms. The Morgan fingerprint density at radius 3 is 2.65 bits per heavy atom. The Morgan fingerprint density at radius 2 is 2.06 bits per heavy atom. The van der Waals surface area contributed by atoms with Gasteiger partial charge in [0.15, 0.2) is 0 Å². The SMILES string of the molecule is CC(C)NCc1coc(N2CC(C)C(C)C2)n1. The summed E-state index contributed by atoms with van der Waals surface area (Å²) in [4.78, 5) is 6.77. The molecule has 1 fully saturated rings. The molecule has 0 aromatic carbocycles. The van der Waals surface area contributed by atoms with E-state index < -0.39 is 0 Å². The number of anilines is 1. The van der Waals surface area contributed by atoms with Crippen LogP contribution in [-0.4, -0.2) is 24.1 Å². The van der Waals surface area contributed by atoms with Crippen LogP contribution in [0.4, 0.5) is 6.01 Å². The fourth-order valence-corrected chi connectivity index (χ4v) is 2.12. The zero-order valence-electron chi connectivity index (χ0n) is 11.2. The summed E-state index contributed by atoms with van der Waals surface area (Å²) >= 11 is 0. The van der Waals surface area contributed by atoms with Crippen molar-refractivity contribution >= 4 is 6.01 Å². The molecule has 2 heterocycles. The number of oxazole rings is 1. The fraction of sp³-hybridized carbons (Fsp3) is 0.769. The van der Waals surface area contributed by atoms with E-state index in [1.807, 2.05) is 0 Å². The minimum atomic E-state index is 0.474. The number of hydrogen-bond acceptors (Lipinski definition) is 4. The standard InChI is InChI=1S/C13H23N3O/c1-9(2)14-5-12-8-17-13(15-12)16-6-10(3)11(4)7-16/h8-11,14H,5-7H2,1-4H3. The molecule has 1 aromatic heterocycles. The Balaban J connectivity index is 1.94. The third-order valence-electron chi connectivity index (χ3n) is 3.49. The lowest BCUT2D eigenvalue weighted by molar-refractivity contribution is 0.494. The average Bonchev–Trinajstić information content (AvgIpc) is 2.84. The molecule has 1 saturated heterocycles. The van der Waals surface area contributed by atoms with Gasteiger partial charge in [-0.2, -0.15) is 4.98 Å². The first-order valence-electron chi connectivity index (χ1n) is 6.49. The Kier molecular flexibility index (Phi) is 3.72. The van der Waals surface area contributed by atoms with Gasteiger partial charge in [0.05, 0.1) is 5.69 Å². The zero-order valence-corrected chi connectivity index (χ0v) is 11.2. The molecule has 1 N–H and O–H groups in total. The number of hydrogen-bond donors (Lipinski definition) is 1. The Morgan fingerprint density at radius 1 is 1.41 bits per heavy atom. The molecule has 1 aliphatic heterocycles. The lowest BCUT2D eigenvalue weighted by Gasteiger charge is -2.11. The topological polar surface area (TPSA) is 41.3 Å². The van der Waals surface area contributed by atoms with Crippen LogP contribution in [0.1, 0.15) is 33.4 Å². The smallest absolute Gasteiger partial charge is 0.297 e. The molecule has 0 radical (unpaired) electrons. The summed E-state index contributed by atoms with van der Waals surface area (Å²) in [6.45, 7) is 11.7. The van der Waals surface area contributed by atoms with Gasteiger partial charge in [0.1, 0.15) is 6.26 Å². The predicted molar refractivity (Wildman–Crippen MR) is 69.0 cm³/mol. The van der Waals surface area contributed by atoms with E-state index in [0.29, 0.717) is 6.04 Å². The van der Waals surface area contributed by atoms with Crippen LogP contribution in [0.3, 0.4) is 0 Å². The van der Waals surface area contributed by atoms with Crippen LogP contribution in [0.5, 0.6) is 0 Å². The molecule has 4 heteroatoms.